The Labute approximate surface area is 153 Å². The van der Waals surface area contributed by atoms with E-state index in [1.807, 2.05) is 0 Å². The zero-order valence-electron chi connectivity index (χ0n) is 14.3. The number of ether oxygens (including phenoxy) is 2. The number of halogens is 6. The van der Waals surface area contributed by atoms with Gasteiger partial charge in [0.25, 0.3) is 5.88 Å². The molecular formula is C16H12F6N4O2. The zero-order chi connectivity index (χ0) is 20.7. The first-order chi connectivity index (χ1) is 13.0. The van der Waals surface area contributed by atoms with Crippen LogP contribution in [-0.4, -0.2) is 39.0 Å². The van der Waals surface area contributed by atoms with Gasteiger partial charge in [-0.1, -0.05) is 0 Å². The van der Waals surface area contributed by atoms with Crippen LogP contribution in [0.4, 0.5) is 26.3 Å². The highest BCUT2D eigenvalue weighted by Gasteiger charge is 2.39. The molecule has 0 amide bonds. The molecule has 3 rings (SSSR count). The van der Waals surface area contributed by atoms with Crippen LogP contribution in [-0.2, 0) is 10.8 Å². The molecular weight excluding hydrogens is 394 g/mol. The van der Waals surface area contributed by atoms with Gasteiger partial charge in [0.2, 0.25) is 5.82 Å². The van der Waals surface area contributed by atoms with E-state index in [0.717, 1.165) is 23.8 Å². The molecule has 0 saturated heterocycles. The van der Waals surface area contributed by atoms with Crippen molar-refractivity contribution in [2.75, 3.05) is 7.11 Å². The molecule has 6 nitrogen and oxygen atoms in total. The number of aromatic nitrogens is 4. The largest absolute Gasteiger partial charge is 0.463 e. The van der Waals surface area contributed by atoms with E-state index < -0.39 is 35.9 Å². The van der Waals surface area contributed by atoms with Crippen molar-refractivity contribution in [2.24, 2.45) is 0 Å². The average Bonchev–Trinajstić information content (AvgIpc) is 3.06. The van der Waals surface area contributed by atoms with Gasteiger partial charge in [-0.05, 0) is 25.1 Å². The summed E-state index contributed by atoms with van der Waals surface area (Å²) in [5.74, 6) is -2.76. The van der Waals surface area contributed by atoms with Gasteiger partial charge in [0.05, 0.1) is 0 Å². The number of methoxy groups -OCH3 is 1. The van der Waals surface area contributed by atoms with E-state index in [1.165, 1.54) is 18.3 Å². The van der Waals surface area contributed by atoms with Crippen molar-refractivity contribution in [1.29, 1.82) is 0 Å². The standard InChI is InChI=1S/C16H12F6N4O2/c1-8(15(18,19)20)28-13-11(17)5-10(6-23-13)9-3-4-12-24-25-14(26(12)7-9)16(21,22)27-2/h3-8H,1-2H3. The normalized spacial score (nSPS) is 13.7. The van der Waals surface area contributed by atoms with Crippen LogP contribution >= 0.6 is 0 Å². The fourth-order valence-electron chi connectivity index (χ4n) is 2.26. The van der Waals surface area contributed by atoms with Gasteiger partial charge in [0.15, 0.2) is 17.6 Å². The summed E-state index contributed by atoms with van der Waals surface area (Å²) in [4.78, 5) is 3.55. The van der Waals surface area contributed by atoms with Gasteiger partial charge >= 0.3 is 12.3 Å². The number of rotatable bonds is 5. The van der Waals surface area contributed by atoms with Crippen LogP contribution in [0.3, 0.4) is 0 Å². The fraction of sp³-hybridized carbons (Fsp3) is 0.312. The lowest BCUT2D eigenvalue weighted by Crippen LogP contribution is -2.31. The predicted molar refractivity (Wildman–Crippen MR) is 83.2 cm³/mol. The summed E-state index contributed by atoms with van der Waals surface area (Å²) in [5.41, 5.74) is 0.442. The first-order valence-corrected chi connectivity index (χ1v) is 7.70. The molecule has 1 atom stereocenters. The molecule has 0 aliphatic heterocycles. The van der Waals surface area contributed by atoms with Crippen LogP contribution in [0.25, 0.3) is 16.8 Å². The second kappa shape index (κ2) is 6.93. The number of hydrogen-bond acceptors (Lipinski definition) is 5. The van der Waals surface area contributed by atoms with Gasteiger partial charge in [0.1, 0.15) is 0 Å². The van der Waals surface area contributed by atoms with Gasteiger partial charge in [-0.3, -0.25) is 4.40 Å². The maximum Gasteiger partial charge on any atom is 0.425 e. The molecule has 28 heavy (non-hydrogen) atoms. The van der Waals surface area contributed by atoms with Crippen molar-refractivity contribution in [3.63, 3.8) is 0 Å². The Morgan fingerprint density at radius 2 is 1.79 bits per heavy atom. The summed E-state index contributed by atoms with van der Waals surface area (Å²) in [6.45, 7) is 0.715. The Morgan fingerprint density at radius 1 is 1.07 bits per heavy atom. The zero-order valence-corrected chi connectivity index (χ0v) is 14.3. The lowest BCUT2D eigenvalue weighted by Gasteiger charge is -2.17. The van der Waals surface area contributed by atoms with Crippen LogP contribution < -0.4 is 4.74 Å². The monoisotopic (exact) mass is 406 g/mol. The number of nitrogens with zero attached hydrogens (tertiary/aromatic N) is 4. The van der Waals surface area contributed by atoms with Crippen molar-refractivity contribution in [3.8, 4) is 17.0 Å². The molecule has 1 unspecified atom stereocenters. The van der Waals surface area contributed by atoms with Gasteiger partial charge in [-0.25, -0.2) is 9.37 Å². The molecule has 3 aromatic heterocycles. The van der Waals surface area contributed by atoms with Crippen LogP contribution in [0, 0.1) is 5.82 Å². The Bertz CT molecular complexity index is 1000. The Morgan fingerprint density at radius 3 is 2.39 bits per heavy atom. The van der Waals surface area contributed by atoms with Crippen LogP contribution in [0.5, 0.6) is 5.88 Å². The third kappa shape index (κ3) is 3.72. The quantitative estimate of drug-likeness (QED) is 0.601. The Hall–Kier alpha value is -2.89. The third-order valence-electron chi connectivity index (χ3n) is 3.81. The van der Waals surface area contributed by atoms with Crippen molar-refractivity contribution in [2.45, 2.75) is 25.3 Å². The summed E-state index contributed by atoms with van der Waals surface area (Å²) in [7, 11) is 0.797. The molecule has 12 heteroatoms. The van der Waals surface area contributed by atoms with Gasteiger partial charge < -0.3 is 9.47 Å². The molecule has 0 N–H and O–H groups in total. The minimum atomic E-state index is -4.69. The molecule has 0 saturated carbocycles. The van der Waals surface area contributed by atoms with Gasteiger partial charge in [-0.2, -0.15) is 22.0 Å². The number of hydrogen-bond donors (Lipinski definition) is 0. The van der Waals surface area contributed by atoms with Crippen molar-refractivity contribution < 1.29 is 35.8 Å². The topological polar surface area (TPSA) is 61.5 Å². The highest BCUT2D eigenvalue weighted by molar-refractivity contribution is 5.64. The summed E-state index contributed by atoms with van der Waals surface area (Å²) in [5, 5.41) is 6.97. The average molecular weight is 406 g/mol. The summed E-state index contributed by atoms with van der Waals surface area (Å²) >= 11 is 0. The smallest absolute Gasteiger partial charge is 0.425 e. The van der Waals surface area contributed by atoms with Gasteiger partial charge in [0, 0.05) is 30.6 Å². The van der Waals surface area contributed by atoms with Crippen LogP contribution in [0.15, 0.2) is 30.6 Å². The van der Waals surface area contributed by atoms with Gasteiger partial charge in [-0.15, -0.1) is 10.2 Å². The lowest BCUT2D eigenvalue weighted by molar-refractivity contribution is -0.237. The highest BCUT2D eigenvalue weighted by Crippen LogP contribution is 2.30. The Balaban J connectivity index is 1.97. The van der Waals surface area contributed by atoms with E-state index in [4.69, 9.17) is 0 Å². The first kappa shape index (κ1) is 19.9. The minimum absolute atomic E-state index is 0.0860. The van der Waals surface area contributed by atoms with Crippen molar-refractivity contribution >= 4 is 5.65 Å². The number of pyridine rings is 2. The van der Waals surface area contributed by atoms with E-state index in [0.29, 0.717) is 6.92 Å². The van der Waals surface area contributed by atoms with Crippen LogP contribution in [0.1, 0.15) is 12.7 Å². The molecule has 0 aromatic carbocycles. The van der Waals surface area contributed by atoms with E-state index in [1.54, 1.807) is 0 Å². The third-order valence-corrected chi connectivity index (χ3v) is 3.81. The molecule has 3 aromatic rings. The minimum Gasteiger partial charge on any atom is -0.463 e. The second-order valence-electron chi connectivity index (χ2n) is 5.70. The van der Waals surface area contributed by atoms with Crippen LogP contribution in [0.2, 0.25) is 0 Å². The van der Waals surface area contributed by atoms with E-state index >= 15 is 0 Å². The molecule has 150 valence electrons. The van der Waals surface area contributed by atoms with Crippen molar-refractivity contribution in [3.05, 3.63) is 42.2 Å². The maximum atomic E-state index is 14.1. The molecule has 0 fully saturated rings. The van der Waals surface area contributed by atoms with E-state index in [2.05, 4.69) is 24.7 Å². The number of fused-ring (bicyclic) bond motifs is 1. The molecule has 0 bridgehead atoms. The summed E-state index contributed by atoms with van der Waals surface area (Å²) in [6.07, 6.45) is -8.40. The lowest BCUT2D eigenvalue weighted by atomic mass is 10.1. The van der Waals surface area contributed by atoms with Crippen molar-refractivity contribution in [1.82, 2.24) is 19.6 Å². The van der Waals surface area contributed by atoms with E-state index in [-0.39, 0.29) is 16.8 Å². The van der Waals surface area contributed by atoms with E-state index in [9.17, 15) is 26.3 Å². The number of alkyl halides is 5. The molecule has 0 radical (unpaired) electrons. The second-order valence-corrected chi connectivity index (χ2v) is 5.70. The first-order valence-electron chi connectivity index (χ1n) is 7.70. The SMILES string of the molecule is COC(F)(F)c1nnc2ccc(-c3cnc(OC(C)C(F)(F)F)c(F)c3)cn12. The molecule has 0 aliphatic carbocycles. The fourth-order valence-corrected chi connectivity index (χ4v) is 2.26. The Kier molecular flexibility index (Phi) is 4.91. The predicted octanol–water partition coefficient (Wildman–Crippen LogP) is 3.96. The molecule has 3 heterocycles. The highest BCUT2D eigenvalue weighted by atomic mass is 19.4. The molecule has 0 aliphatic rings. The maximum absolute atomic E-state index is 14.1. The summed E-state index contributed by atoms with van der Waals surface area (Å²) < 4.78 is 88.8. The molecule has 0 spiro atoms. The summed E-state index contributed by atoms with van der Waals surface area (Å²) in [6, 6.07) is 3.67.